The van der Waals surface area contributed by atoms with Gasteiger partial charge in [0, 0.05) is 0 Å². The van der Waals surface area contributed by atoms with Gasteiger partial charge in [-0.2, -0.15) is 0 Å². The van der Waals surface area contributed by atoms with Crippen molar-refractivity contribution in [3.63, 3.8) is 0 Å². The standard InChI is InChI=1S/C5H11FN2/c1-3(2)4(6)5(7)8/h3-4H,1-2H3,(H3,7,8)/t4-/m0/s1. The molecular formula is C5H11FN2. The number of amidine groups is 1. The lowest BCUT2D eigenvalue weighted by Crippen LogP contribution is -2.27. The van der Waals surface area contributed by atoms with E-state index in [1.807, 2.05) is 0 Å². The molecule has 0 fully saturated rings. The Labute approximate surface area is 48.4 Å². The molecular weight excluding hydrogens is 107 g/mol. The third-order valence-electron chi connectivity index (χ3n) is 0.882. The first kappa shape index (κ1) is 7.40. The number of alkyl halides is 1. The predicted octanol–water partition coefficient (Wildman–Crippen LogP) is 0.916. The molecule has 0 bridgehead atoms. The molecule has 0 aliphatic carbocycles. The van der Waals surface area contributed by atoms with Crippen molar-refractivity contribution >= 4 is 5.84 Å². The molecule has 0 rings (SSSR count). The van der Waals surface area contributed by atoms with Gasteiger partial charge in [0.1, 0.15) is 5.84 Å². The van der Waals surface area contributed by atoms with Crippen molar-refractivity contribution in [1.82, 2.24) is 0 Å². The highest BCUT2D eigenvalue weighted by Gasteiger charge is 2.13. The van der Waals surface area contributed by atoms with E-state index in [9.17, 15) is 4.39 Å². The number of rotatable bonds is 2. The van der Waals surface area contributed by atoms with Crippen LogP contribution in [-0.4, -0.2) is 12.0 Å². The Morgan fingerprint density at radius 2 is 2.00 bits per heavy atom. The largest absolute Gasteiger partial charge is 0.385 e. The van der Waals surface area contributed by atoms with E-state index in [0.717, 1.165) is 0 Å². The van der Waals surface area contributed by atoms with Gasteiger partial charge in [-0.25, -0.2) is 4.39 Å². The summed E-state index contributed by atoms with van der Waals surface area (Å²) in [6.45, 7) is 3.37. The molecule has 0 saturated carbocycles. The van der Waals surface area contributed by atoms with Crippen molar-refractivity contribution < 1.29 is 4.39 Å². The van der Waals surface area contributed by atoms with Crippen LogP contribution in [0, 0.1) is 11.3 Å². The van der Waals surface area contributed by atoms with Crippen LogP contribution in [0.25, 0.3) is 0 Å². The minimum Gasteiger partial charge on any atom is -0.385 e. The lowest BCUT2D eigenvalue weighted by atomic mass is 10.1. The molecule has 8 heavy (non-hydrogen) atoms. The van der Waals surface area contributed by atoms with Gasteiger partial charge in [0.15, 0.2) is 6.17 Å². The van der Waals surface area contributed by atoms with Gasteiger partial charge in [-0.1, -0.05) is 13.8 Å². The molecule has 0 spiro atoms. The number of nitrogens with two attached hydrogens (primary N) is 1. The summed E-state index contributed by atoms with van der Waals surface area (Å²) in [6, 6.07) is 0. The van der Waals surface area contributed by atoms with Gasteiger partial charge in [-0.15, -0.1) is 0 Å². The van der Waals surface area contributed by atoms with Crippen LogP contribution in [0.5, 0.6) is 0 Å². The van der Waals surface area contributed by atoms with Crippen LogP contribution in [0.4, 0.5) is 4.39 Å². The summed E-state index contributed by atoms with van der Waals surface area (Å²) in [5.41, 5.74) is 4.85. The Hall–Kier alpha value is -0.600. The summed E-state index contributed by atoms with van der Waals surface area (Å²) in [7, 11) is 0. The van der Waals surface area contributed by atoms with Crippen LogP contribution in [-0.2, 0) is 0 Å². The lowest BCUT2D eigenvalue weighted by Gasteiger charge is -2.07. The van der Waals surface area contributed by atoms with Crippen molar-refractivity contribution in [3.8, 4) is 0 Å². The van der Waals surface area contributed by atoms with E-state index in [2.05, 4.69) is 0 Å². The highest BCUT2D eigenvalue weighted by molar-refractivity contribution is 5.81. The molecule has 0 saturated heterocycles. The molecule has 0 aliphatic rings. The van der Waals surface area contributed by atoms with Crippen molar-refractivity contribution in [3.05, 3.63) is 0 Å². The predicted molar refractivity (Wildman–Crippen MR) is 31.6 cm³/mol. The fraction of sp³-hybridized carbons (Fsp3) is 0.800. The maximum atomic E-state index is 12.3. The fourth-order valence-corrected chi connectivity index (χ4v) is 0.359. The molecule has 1 atom stereocenters. The summed E-state index contributed by atoms with van der Waals surface area (Å²) in [5, 5.41) is 6.63. The highest BCUT2D eigenvalue weighted by Crippen LogP contribution is 2.03. The molecule has 0 aromatic carbocycles. The van der Waals surface area contributed by atoms with Crippen molar-refractivity contribution in [1.29, 1.82) is 5.41 Å². The second-order valence-electron chi connectivity index (χ2n) is 2.10. The summed E-state index contributed by atoms with van der Waals surface area (Å²) in [5.74, 6) is -0.549. The quantitative estimate of drug-likeness (QED) is 0.411. The van der Waals surface area contributed by atoms with Gasteiger partial charge in [0.05, 0.1) is 0 Å². The van der Waals surface area contributed by atoms with Gasteiger partial charge in [-0.05, 0) is 5.92 Å². The molecule has 0 aliphatic heterocycles. The maximum absolute atomic E-state index is 12.3. The zero-order chi connectivity index (χ0) is 6.73. The third-order valence-corrected chi connectivity index (χ3v) is 0.882. The molecule has 0 amide bonds. The van der Waals surface area contributed by atoms with Crippen LogP contribution >= 0.6 is 0 Å². The molecule has 0 unspecified atom stereocenters. The average Bonchev–Trinajstić information content (AvgIpc) is 1.64. The van der Waals surface area contributed by atoms with Crippen molar-refractivity contribution in [2.75, 3.05) is 0 Å². The van der Waals surface area contributed by atoms with E-state index in [0.29, 0.717) is 0 Å². The van der Waals surface area contributed by atoms with Crippen LogP contribution in [0.15, 0.2) is 0 Å². The van der Waals surface area contributed by atoms with E-state index in [4.69, 9.17) is 11.1 Å². The van der Waals surface area contributed by atoms with E-state index < -0.39 is 6.17 Å². The molecule has 0 radical (unpaired) electrons. The second-order valence-corrected chi connectivity index (χ2v) is 2.10. The van der Waals surface area contributed by atoms with Gasteiger partial charge < -0.3 is 5.73 Å². The zero-order valence-electron chi connectivity index (χ0n) is 5.11. The summed E-state index contributed by atoms with van der Waals surface area (Å²) in [4.78, 5) is 0. The first-order chi connectivity index (χ1) is 3.55. The fourth-order valence-electron chi connectivity index (χ4n) is 0.359. The second kappa shape index (κ2) is 2.64. The van der Waals surface area contributed by atoms with Gasteiger partial charge in [0.2, 0.25) is 0 Å². The first-order valence-corrected chi connectivity index (χ1v) is 2.53. The SMILES string of the molecule is CC(C)[C@H](F)C(=N)N. The molecule has 0 aromatic heterocycles. The minimum absolute atomic E-state index is 0.174. The first-order valence-electron chi connectivity index (χ1n) is 2.53. The van der Waals surface area contributed by atoms with Crippen molar-refractivity contribution in [2.45, 2.75) is 20.0 Å². The Balaban J connectivity index is 3.64. The maximum Gasteiger partial charge on any atom is 0.159 e. The lowest BCUT2D eigenvalue weighted by molar-refractivity contribution is 0.333. The zero-order valence-corrected chi connectivity index (χ0v) is 5.11. The van der Waals surface area contributed by atoms with Gasteiger partial charge >= 0.3 is 0 Å². The van der Waals surface area contributed by atoms with Crippen LogP contribution in [0.1, 0.15) is 13.8 Å². The molecule has 0 aromatic rings. The summed E-state index contributed by atoms with van der Waals surface area (Å²) in [6.07, 6.45) is -1.27. The Kier molecular flexibility index (Phi) is 2.45. The molecule has 0 heterocycles. The van der Waals surface area contributed by atoms with E-state index in [1.54, 1.807) is 13.8 Å². The number of hydrogen-bond acceptors (Lipinski definition) is 1. The summed E-state index contributed by atoms with van der Waals surface area (Å²) < 4.78 is 12.3. The molecule has 2 nitrogen and oxygen atoms in total. The highest BCUT2D eigenvalue weighted by atomic mass is 19.1. The molecule has 3 N–H and O–H groups in total. The minimum atomic E-state index is -1.27. The van der Waals surface area contributed by atoms with Gasteiger partial charge in [0.25, 0.3) is 0 Å². The van der Waals surface area contributed by atoms with E-state index in [1.165, 1.54) is 0 Å². The van der Waals surface area contributed by atoms with E-state index >= 15 is 0 Å². The average molecular weight is 118 g/mol. The topological polar surface area (TPSA) is 49.9 Å². The normalized spacial score (nSPS) is 14.0. The third kappa shape index (κ3) is 1.91. The molecule has 3 heteroatoms. The molecule has 48 valence electrons. The number of halogens is 1. The van der Waals surface area contributed by atoms with Crippen LogP contribution < -0.4 is 5.73 Å². The van der Waals surface area contributed by atoms with Crippen LogP contribution in [0.2, 0.25) is 0 Å². The summed E-state index contributed by atoms with van der Waals surface area (Å²) >= 11 is 0. The van der Waals surface area contributed by atoms with E-state index in [-0.39, 0.29) is 11.8 Å². The van der Waals surface area contributed by atoms with Gasteiger partial charge in [-0.3, -0.25) is 5.41 Å². The Morgan fingerprint density at radius 1 is 1.62 bits per heavy atom. The van der Waals surface area contributed by atoms with Crippen molar-refractivity contribution in [2.24, 2.45) is 11.7 Å². The number of hydrogen-bond donors (Lipinski definition) is 2. The monoisotopic (exact) mass is 118 g/mol. The number of nitrogens with one attached hydrogen (secondary N) is 1. The van der Waals surface area contributed by atoms with Crippen LogP contribution in [0.3, 0.4) is 0 Å². The Morgan fingerprint density at radius 3 is 2.00 bits per heavy atom. The Bertz CT molecular complexity index is 90.4. The smallest absolute Gasteiger partial charge is 0.159 e.